The third kappa shape index (κ3) is 3.78. The van der Waals surface area contributed by atoms with E-state index in [1.807, 2.05) is 0 Å². The number of rotatable bonds is 3. The molecule has 6 nitrogen and oxygen atoms in total. The molecule has 0 unspecified atom stereocenters. The molecular weight excluding hydrogens is 296 g/mol. The number of hydrogen-bond donors (Lipinski definition) is 2. The number of carbonyl (C=O) groups is 2. The van der Waals surface area contributed by atoms with Crippen LogP contribution in [0.5, 0.6) is 5.75 Å². The molecule has 2 amide bonds. The van der Waals surface area contributed by atoms with Crippen LogP contribution in [0.4, 0.5) is 10.5 Å². The summed E-state index contributed by atoms with van der Waals surface area (Å²) in [5.41, 5.74) is 0.465. The van der Waals surface area contributed by atoms with Crippen molar-refractivity contribution in [1.29, 1.82) is 0 Å². The SMILES string of the molecule is COc1ccc(Cl)cc1NC(=O)N1CCC[C@H](C(=O)O)C1. The molecule has 1 aliphatic rings. The quantitative estimate of drug-likeness (QED) is 0.899. The number of hydrogen-bond acceptors (Lipinski definition) is 3. The topological polar surface area (TPSA) is 78.9 Å². The fourth-order valence-corrected chi connectivity index (χ4v) is 2.51. The number of methoxy groups -OCH3 is 1. The first-order chi connectivity index (χ1) is 10.0. The lowest BCUT2D eigenvalue weighted by molar-refractivity contribution is -0.143. The summed E-state index contributed by atoms with van der Waals surface area (Å²) in [6, 6.07) is 4.57. The van der Waals surface area contributed by atoms with Crippen LogP contribution in [0.25, 0.3) is 0 Å². The van der Waals surface area contributed by atoms with Crippen LogP contribution in [-0.4, -0.2) is 42.2 Å². The minimum atomic E-state index is -0.868. The number of nitrogens with zero attached hydrogens (tertiary/aromatic N) is 1. The Morgan fingerprint density at radius 1 is 1.48 bits per heavy atom. The first-order valence-corrected chi connectivity index (χ1v) is 7.01. The number of nitrogens with one attached hydrogen (secondary N) is 1. The molecule has 0 saturated carbocycles. The minimum absolute atomic E-state index is 0.212. The van der Waals surface area contributed by atoms with E-state index in [2.05, 4.69) is 5.32 Å². The van der Waals surface area contributed by atoms with Gasteiger partial charge in [-0.1, -0.05) is 11.6 Å². The molecule has 0 spiro atoms. The summed E-state index contributed by atoms with van der Waals surface area (Å²) >= 11 is 5.91. The van der Waals surface area contributed by atoms with Gasteiger partial charge in [-0.2, -0.15) is 0 Å². The Morgan fingerprint density at radius 2 is 2.24 bits per heavy atom. The number of benzene rings is 1. The third-order valence-corrected chi connectivity index (χ3v) is 3.70. The fraction of sp³-hybridized carbons (Fsp3) is 0.429. The molecule has 1 atom stereocenters. The molecule has 1 heterocycles. The number of halogens is 1. The van der Waals surface area contributed by atoms with Gasteiger partial charge in [-0.25, -0.2) is 4.79 Å². The average molecular weight is 313 g/mol. The number of amides is 2. The summed E-state index contributed by atoms with van der Waals surface area (Å²) in [5, 5.41) is 12.2. The van der Waals surface area contributed by atoms with Gasteiger partial charge < -0.3 is 20.1 Å². The highest BCUT2D eigenvalue weighted by Crippen LogP contribution is 2.28. The van der Waals surface area contributed by atoms with E-state index < -0.39 is 11.9 Å². The monoisotopic (exact) mass is 312 g/mol. The molecule has 114 valence electrons. The van der Waals surface area contributed by atoms with Crippen LogP contribution in [-0.2, 0) is 4.79 Å². The number of aliphatic carboxylic acids is 1. The first kappa shape index (κ1) is 15.4. The Balaban J connectivity index is 2.07. The maximum Gasteiger partial charge on any atom is 0.321 e. The van der Waals surface area contributed by atoms with Crippen LogP contribution < -0.4 is 10.1 Å². The number of carbonyl (C=O) groups excluding carboxylic acids is 1. The Morgan fingerprint density at radius 3 is 2.90 bits per heavy atom. The summed E-state index contributed by atoms with van der Waals surface area (Å²) in [5.74, 6) is -0.877. The van der Waals surface area contributed by atoms with Crippen LogP contribution in [0.3, 0.4) is 0 Å². The van der Waals surface area contributed by atoms with Crippen molar-refractivity contribution in [3.8, 4) is 5.75 Å². The second kappa shape index (κ2) is 6.67. The fourth-order valence-electron chi connectivity index (χ4n) is 2.34. The van der Waals surface area contributed by atoms with E-state index in [1.165, 1.54) is 12.0 Å². The number of likely N-dealkylation sites (tertiary alicyclic amines) is 1. The molecule has 0 bridgehead atoms. The van der Waals surface area contributed by atoms with Gasteiger partial charge in [0.25, 0.3) is 0 Å². The molecule has 1 aliphatic heterocycles. The summed E-state index contributed by atoms with van der Waals surface area (Å²) in [7, 11) is 1.50. The minimum Gasteiger partial charge on any atom is -0.495 e. The van der Waals surface area contributed by atoms with Gasteiger partial charge in [0, 0.05) is 18.1 Å². The van der Waals surface area contributed by atoms with Crippen molar-refractivity contribution in [1.82, 2.24) is 4.90 Å². The lowest BCUT2D eigenvalue weighted by atomic mass is 9.99. The van der Waals surface area contributed by atoms with Gasteiger partial charge in [-0.05, 0) is 31.0 Å². The Hall–Kier alpha value is -1.95. The number of urea groups is 1. The zero-order valence-corrected chi connectivity index (χ0v) is 12.4. The Kier molecular flexibility index (Phi) is 4.90. The van der Waals surface area contributed by atoms with E-state index in [4.69, 9.17) is 21.4 Å². The normalized spacial score (nSPS) is 18.2. The molecule has 1 fully saturated rings. The van der Waals surface area contributed by atoms with Gasteiger partial charge in [0.05, 0.1) is 18.7 Å². The molecule has 2 rings (SSSR count). The lowest BCUT2D eigenvalue weighted by Crippen LogP contribution is -2.44. The van der Waals surface area contributed by atoms with Crippen LogP contribution in [0.2, 0.25) is 5.02 Å². The zero-order chi connectivity index (χ0) is 15.4. The maximum absolute atomic E-state index is 12.2. The Labute approximate surface area is 127 Å². The predicted molar refractivity (Wildman–Crippen MR) is 79.0 cm³/mol. The van der Waals surface area contributed by atoms with E-state index in [-0.39, 0.29) is 12.6 Å². The zero-order valence-electron chi connectivity index (χ0n) is 11.6. The number of ether oxygens (including phenoxy) is 1. The van der Waals surface area contributed by atoms with Gasteiger partial charge in [-0.15, -0.1) is 0 Å². The largest absolute Gasteiger partial charge is 0.495 e. The van der Waals surface area contributed by atoms with Crippen molar-refractivity contribution in [3.05, 3.63) is 23.2 Å². The summed E-state index contributed by atoms with van der Waals surface area (Å²) in [4.78, 5) is 24.8. The summed E-state index contributed by atoms with van der Waals surface area (Å²) in [6.07, 6.45) is 1.27. The standard InChI is InChI=1S/C14H17ClN2O4/c1-21-12-5-4-10(15)7-11(12)16-14(20)17-6-2-3-9(8-17)13(18)19/h4-5,7,9H,2-3,6,8H2,1H3,(H,16,20)(H,18,19)/t9-/m0/s1. The molecule has 7 heteroatoms. The van der Waals surface area contributed by atoms with Crippen molar-refractivity contribution >= 4 is 29.3 Å². The molecule has 2 N–H and O–H groups in total. The third-order valence-electron chi connectivity index (χ3n) is 3.46. The molecule has 0 aromatic heterocycles. The number of carboxylic acid groups (broad SMARTS) is 1. The smallest absolute Gasteiger partial charge is 0.321 e. The predicted octanol–water partition coefficient (Wildman–Crippen LogP) is 2.68. The van der Waals surface area contributed by atoms with Crippen LogP contribution in [0.15, 0.2) is 18.2 Å². The van der Waals surface area contributed by atoms with Crippen molar-refractivity contribution in [3.63, 3.8) is 0 Å². The molecule has 0 aliphatic carbocycles. The van der Waals surface area contributed by atoms with Crippen LogP contribution in [0, 0.1) is 5.92 Å². The number of piperidine rings is 1. The highest BCUT2D eigenvalue weighted by atomic mass is 35.5. The van der Waals surface area contributed by atoms with Crippen molar-refractivity contribution in [2.75, 3.05) is 25.5 Å². The second-order valence-electron chi connectivity index (χ2n) is 4.90. The molecule has 0 radical (unpaired) electrons. The van der Waals surface area contributed by atoms with Gasteiger partial charge in [0.15, 0.2) is 0 Å². The summed E-state index contributed by atoms with van der Waals surface area (Å²) < 4.78 is 5.16. The van der Waals surface area contributed by atoms with Crippen LogP contribution in [0.1, 0.15) is 12.8 Å². The molecule has 1 saturated heterocycles. The maximum atomic E-state index is 12.2. The molecule has 21 heavy (non-hydrogen) atoms. The van der Waals surface area contributed by atoms with Gasteiger partial charge in [0.1, 0.15) is 5.75 Å². The van der Waals surface area contributed by atoms with Gasteiger partial charge in [0.2, 0.25) is 0 Å². The van der Waals surface area contributed by atoms with E-state index in [0.717, 1.165) is 0 Å². The first-order valence-electron chi connectivity index (χ1n) is 6.63. The molecule has 1 aromatic carbocycles. The lowest BCUT2D eigenvalue weighted by Gasteiger charge is -2.30. The summed E-state index contributed by atoms with van der Waals surface area (Å²) in [6.45, 7) is 0.753. The van der Waals surface area contributed by atoms with Crippen LogP contribution >= 0.6 is 11.6 Å². The Bertz CT molecular complexity index is 550. The highest BCUT2D eigenvalue weighted by molar-refractivity contribution is 6.31. The van der Waals surface area contributed by atoms with Crippen molar-refractivity contribution in [2.45, 2.75) is 12.8 Å². The van der Waals surface area contributed by atoms with E-state index in [0.29, 0.717) is 35.8 Å². The van der Waals surface area contributed by atoms with Crippen molar-refractivity contribution in [2.24, 2.45) is 5.92 Å². The van der Waals surface area contributed by atoms with E-state index in [9.17, 15) is 9.59 Å². The molecule has 1 aromatic rings. The number of anilines is 1. The average Bonchev–Trinajstić information content (AvgIpc) is 2.47. The highest BCUT2D eigenvalue weighted by Gasteiger charge is 2.28. The van der Waals surface area contributed by atoms with Crippen molar-refractivity contribution < 1.29 is 19.4 Å². The van der Waals surface area contributed by atoms with Gasteiger partial charge >= 0.3 is 12.0 Å². The molecular formula is C14H17ClN2O4. The second-order valence-corrected chi connectivity index (χ2v) is 5.33. The van der Waals surface area contributed by atoms with Gasteiger partial charge in [-0.3, -0.25) is 4.79 Å². The van der Waals surface area contributed by atoms with E-state index in [1.54, 1.807) is 18.2 Å². The number of carboxylic acids is 1. The van der Waals surface area contributed by atoms with E-state index >= 15 is 0 Å².